The Bertz CT molecular complexity index is 419. The third-order valence-corrected chi connectivity index (χ3v) is 2.32. The topological polar surface area (TPSA) is 107 Å². The van der Waals surface area contributed by atoms with Gasteiger partial charge in [-0.25, -0.2) is 4.98 Å². The number of nitrogen functional groups attached to an aromatic ring is 1. The summed E-state index contributed by atoms with van der Waals surface area (Å²) in [5.74, 6) is 0.186. The van der Waals surface area contributed by atoms with E-state index >= 15 is 0 Å². The highest BCUT2D eigenvalue weighted by Crippen LogP contribution is 2.26. The average molecular weight is 239 g/mol. The molecule has 0 bridgehead atoms. The molecule has 0 radical (unpaired) electrons. The molecule has 17 heavy (non-hydrogen) atoms. The summed E-state index contributed by atoms with van der Waals surface area (Å²) in [6.07, 6.45) is 2.95. The maximum absolute atomic E-state index is 10.8. The smallest absolute Gasteiger partial charge is 0.329 e. The molecule has 3 N–H and O–H groups in total. The predicted octanol–water partition coefficient (Wildman–Crippen LogP) is 1.96. The molecule has 0 aliphatic carbocycles. The van der Waals surface area contributed by atoms with E-state index in [0.29, 0.717) is 0 Å². The van der Waals surface area contributed by atoms with E-state index in [1.165, 1.54) is 0 Å². The summed E-state index contributed by atoms with van der Waals surface area (Å²) in [6, 6.07) is 0. The van der Waals surface area contributed by atoms with E-state index in [1.54, 1.807) is 0 Å². The van der Waals surface area contributed by atoms with Crippen LogP contribution in [-0.4, -0.2) is 20.4 Å². The van der Waals surface area contributed by atoms with Gasteiger partial charge >= 0.3 is 5.69 Å². The van der Waals surface area contributed by atoms with Gasteiger partial charge in [0.2, 0.25) is 11.8 Å². The normalized spacial score (nSPS) is 11.2. The molecule has 7 nitrogen and oxygen atoms in total. The summed E-state index contributed by atoms with van der Waals surface area (Å²) >= 11 is 0. The van der Waals surface area contributed by atoms with Crippen LogP contribution >= 0.6 is 0 Å². The molecule has 0 spiro atoms. The summed E-state index contributed by atoms with van der Waals surface area (Å²) in [7, 11) is 0. The molecule has 1 rings (SSSR count). The fraction of sp³-hybridized carbons (Fsp3) is 0.600. The molecule has 0 saturated heterocycles. The molecule has 1 aromatic rings. The quantitative estimate of drug-likeness (QED) is 0.600. The van der Waals surface area contributed by atoms with Gasteiger partial charge in [0.1, 0.15) is 6.20 Å². The Kier molecular flexibility index (Phi) is 3.82. The van der Waals surface area contributed by atoms with Gasteiger partial charge in [0.25, 0.3) is 0 Å². The van der Waals surface area contributed by atoms with E-state index in [0.717, 1.165) is 19.0 Å². The highest BCUT2D eigenvalue weighted by molar-refractivity contribution is 5.57. The summed E-state index contributed by atoms with van der Waals surface area (Å²) in [6.45, 7) is 5.96. The number of hydrogen-bond donors (Lipinski definition) is 2. The zero-order valence-corrected chi connectivity index (χ0v) is 10.2. The maximum atomic E-state index is 10.8. The average Bonchev–Trinajstić information content (AvgIpc) is 2.15. The zero-order valence-electron chi connectivity index (χ0n) is 10.2. The van der Waals surface area contributed by atoms with Gasteiger partial charge < -0.3 is 11.1 Å². The number of anilines is 2. The van der Waals surface area contributed by atoms with Crippen LogP contribution in [0.25, 0.3) is 0 Å². The molecule has 0 fully saturated rings. The van der Waals surface area contributed by atoms with E-state index in [4.69, 9.17) is 5.73 Å². The number of nitro groups is 1. The third-order valence-electron chi connectivity index (χ3n) is 2.32. The van der Waals surface area contributed by atoms with E-state index in [1.807, 2.05) is 20.8 Å². The van der Waals surface area contributed by atoms with Crippen molar-refractivity contribution in [2.75, 3.05) is 11.1 Å². The van der Waals surface area contributed by atoms with Gasteiger partial charge in [0, 0.05) is 5.54 Å². The van der Waals surface area contributed by atoms with Crippen molar-refractivity contribution in [3.05, 3.63) is 16.3 Å². The van der Waals surface area contributed by atoms with Gasteiger partial charge in [-0.1, -0.05) is 13.3 Å². The zero-order chi connectivity index (χ0) is 13.1. The fourth-order valence-electron chi connectivity index (χ4n) is 1.62. The van der Waals surface area contributed by atoms with Gasteiger partial charge in [0.15, 0.2) is 0 Å². The minimum absolute atomic E-state index is 0.0189. The molecule has 0 saturated carbocycles. The molecule has 1 heterocycles. The van der Waals surface area contributed by atoms with Crippen LogP contribution in [0.1, 0.15) is 33.6 Å². The molecule has 0 aromatic carbocycles. The molecular formula is C10H17N5O2. The number of hydrogen-bond acceptors (Lipinski definition) is 6. The van der Waals surface area contributed by atoms with Crippen molar-refractivity contribution in [1.29, 1.82) is 0 Å². The Morgan fingerprint density at radius 2 is 2.24 bits per heavy atom. The predicted molar refractivity (Wildman–Crippen MR) is 65.7 cm³/mol. The van der Waals surface area contributed by atoms with Crippen molar-refractivity contribution in [2.24, 2.45) is 0 Å². The Hall–Kier alpha value is -1.92. The van der Waals surface area contributed by atoms with Crippen LogP contribution in [0.3, 0.4) is 0 Å². The largest absolute Gasteiger partial charge is 0.368 e. The number of nitrogens with one attached hydrogen (secondary N) is 1. The van der Waals surface area contributed by atoms with Crippen LogP contribution in [-0.2, 0) is 0 Å². The first-order valence-electron chi connectivity index (χ1n) is 5.41. The lowest BCUT2D eigenvalue weighted by molar-refractivity contribution is -0.384. The molecule has 7 heteroatoms. The van der Waals surface area contributed by atoms with Crippen molar-refractivity contribution in [1.82, 2.24) is 9.97 Å². The minimum atomic E-state index is -0.524. The lowest BCUT2D eigenvalue weighted by Crippen LogP contribution is -2.31. The monoisotopic (exact) mass is 239 g/mol. The van der Waals surface area contributed by atoms with E-state index < -0.39 is 4.92 Å². The highest BCUT2D eigenvalue weighted by Gasteiger charge is 2.23. The number of nitrogens with zero attached hydrogens (tertiary/aromatic N) is 3. The molecule has 0 amide bonds. The van der Waals surface area contributed by atoms with Crippen molar-refractivity contribution in [2.45, 2.75) is 39.2 Å². The van der Waals surface area contributed by atoms with Crippen molar-refractivity contribution < 1.29 is 4.92 Å². The van der Waals surface area contributed by atoms with Crippen LogP contribution in [0, 0.1) is 10.1 Å². The minimum Gasteiger partial charge on any atom is -0.368 e. The Labute approximate surface area is 99.6 Å². The molecule has 0 aliphatic rings. The van der Waals surface area contributed by atoms with Gasteiger partial charge in [-0.3, -0.25) is 10.1 Å². The third kappa shape index (κ3) is 3.54. The van der Waals surface area contributed by atoms with E-state index in [2.05, 4.69) is 15.3 Å². The molecule has 0 aliphatic heterocycles. The Morgan fingerprint density at radius 3 is 2.76 bits per heavy atom. The second kappa shape index (κ2) is 4.94. The van der Waals surface area contributed by atoms with Crippen molar-refractivity contribution in [3.63, 3.8) is 0 Å². The van der Waals surface area contributed by atoms with Gasteiger partial charge in [-0.15, -0.1) is 0 Å². The summed E-state index contributed by atoms with van der Waals surface area (Å²) in [4.78, 5) is 17.8. The van der Waals surface area contributed by atoms with Crippen molar-refractivity contribution >= 4 is 17.5 Å². The van der Waals surface area contributed by atoms with Crippen LogP contribution < -0.4 is 11.1 Å². The van der Waals surface area contributed by atoms with Gasteiger partial charge in [0.05, 0.1) is 4.92 Å². The Morgan fingerprint density at radius 1 is 1.59 bits per heavy atom. The molecule has 0 atom stereocenters. The first-order chi connectivity index (χ1) is 7.85. The Balaban J connectivity index is 3.04. The SMILES string of the molecule is CCCC(C)(C)Nc1nc(N)ncc1[N+](=O)[O-]. The summed E-state index contributed by atoms with van der Waals surface area (Å²) in [5.41, 5.74) is 4.99. The molecular weight excluding hydrogens is 222 g/mol. The number of aromatic nitrogens is 2. The van der Waals surface area contributed by atoms with Crippen LogP contribution in [0.4, 0.5) is 17.5 Å². The van der Waals surface area contributed by atoms with Crippen LogP contribution in [0.2, 0.25) is 0 Å². The summed E-state index contributed by atoms with van der Waals surface area (Å²) < 4.78 is 0. The first kappa shape index (κ1) is 13.1. The number of rotatable bonds is 5. The lowest BCUT2D eigenvalue weighted by Gasteiger charge is -2.26. The second-order valence-corrected chi connectivity index (χ2v) is 4.48. The van der Waals surface area contributed by atoms with Crippen LogP contribution in [0.5, 0.6) is 0 Å². The fourth-order valence-corrected chi connectivity index (χ4v) is 1.62. The standard InChI is InChI=1S/C10H17N5O2/c1-4-5-10(2,3)14-8-7(15(16)17)6-12-9(11)13-8/h6H,4-5H2,1-3H3,(H3,11,12,13,14). The van der Waals surface area contributed by atoms with E-state index in [-0.39, 0.29) is 23.0 Å². The van der Waals surface area contributed by atoms with Crippen LogP contribution in [0.15, 0.2) is 6.20 Å². The highest BCUT2D eigenvalue weighted by atomic mass is 16.6. The maximum Gasteiger partial charge on any atom is 0.329 e. The number of nitrogens with two attached hydrogens (primary N) is 1. The van der Waals surface area contributed by atoms with Gasteiger partial charge in [-0.05, 0) is 20.3 Å². The van der Waals surface area contributed by atoms with Crippen molar-refractivity contribution in [3.8, 4) is 0 Å². The molecule has 94 valence electrons. The van der Waals surface area contributed by atoms with E-state index in [9.17, 15) is 10.1 Å². The molecule has 0 unspecified atom stereocenters. The molecule has 1 aromatic heterocycles. The summed E-state index contributed by atoms with van der Waals surface area (Å²) in [5, 5.41) is 13.9. The second-order valence-electron chi connectivity index (χ2n) is 4.48. The lowest BCUT2D eigenvalue weighted by atomic mass is 9.99. The van der Waals surface area contributed by atoms with Gasteiger partial charge in [-0.2, -0.15) is 4.98 Å². The first-order valence-corrected chi connectivity index (χ1v) is 5.41.